The fourth-order valence-corrected chi connectivity index (χ4v) is 4.70. The van der Waals surface area contributed by atoms with Gasteiger partial charge in [0.05, 0.1) is 29.3 Å². The Labute approximate surface area is 219 Å². The molecule has 0 saturated carbocycles. The van der Waals surface area contributed by atoms with Crippen LogP contribution in [0, 0.1) is 10.1 Å². The Morgan fingerprint density at radius 3 is 2.59 bits per heavy atom. The number of anilines is 1. The number of hydrogen-bond acceptors (Lipinski definition) is 8. The first kappa shape index (κ1) is 24.4. The molecule has 1 aliphatic heterocycles. The minimum atomic E-state index is -0.947. The van der Waals surface area contributed by atoms with Gasteiger partial charge in [0, 0.05) is 29.1 Å². The van der Waals surface area contributed by atoms with Gasteiger partial charge in [0.25, 0.3) is 5.69 Å². The molecule has 5 rings (SSSR count). The number of β-lactam (4-membered cyclic amide) rings is 1. The van der Waals surface area contributed by atoms with Gasteiger partial charge >= 0.3 is 0 Å². The fraction of sp³-hybridized carbons (Fsp3) is 0.120. The number of aromatic hydroxyl groups is 1. The summed E-state index contributed by atoms with van der Waals surface area (Å²) in [5, 5.41) is 29.6. The van der Waals surface area contributed by atoms with Crippen molar-refractivity contribution in [3.63, 3.8) is 0 Å². The summed E-state index contributed by atoms with van der Waals surface area (Å²) in [5.41, 5.74) is 1.31. The van der Waals surface area contributed by atoms with E-state index in [9.17, 15) is 20.0 Å². The fourth-order valence-electron chi connectivity index (χ4n) is 4.09. The first-order valence-corrected chi connectivity index (χ1v) is 11.7. The normalized spacial score (nSPS) is 17.3. The van der Waals surface area contributed by atoms with Gasteiger partial charge in [-0.15, -0.1) is 21.8 Å². The van der Waals surface area contributed by atoms with Crippen LogP contribution < -0.4 is 9.64 Å². The van der Waals surface area contributed by atoms with Gasteiger partial charge in [-0.1, -0.05) is 23.7 Å². The molecule has 1 saturated heterocycles. The molecule has 1 fully saturated rings. The van der Waals surface area contributed by atoms with Crippen LogP contribution in [0.15, 0.2) is 77.0 Å². The summed E-state index contributed by atoms with van der Waals surface area (Å²) in [6, 6.07) is 16.4. The summed E-state index contributed by atoms with van der Waals surface area (Å²) in [4.78, 5) is 29.5. The quantitative estimate of drug-likeness (QED) is 0.0733. The molecule has 1 amide bonds. The number of amides is 1. The monoisotopic (exact) mass is 537 g/mol. The van der Waals surface area contributed by atoms with Crippen LogP contribution in [0.4, 0.5) is 22.7 Å². The zero-order valence-corrected chi connectivity index (χ0v) is 20.6. The number of rotatable bonds is 6. The predicted molar refractivity (Wildman–Crippen MR) is 139 cm³/mol. The van der Waals surface area contributed by atoms with Crippen LogP contribution in [0.1, 0.15) is 11.6 Å². The number of pyridine rings is 1. The Hall–Kier alpha value is -4.28. The van der Waals surface area contributed by atoms with Gasteiger partial charge in [-0.25, -0.2) is 4.98 Å². The van der Waals surface area contributed by atoms with Gasteiger partial charge < -0.3 is 9.84 Å². The number of ether oxygens (including phenoxy) is 1. The number of nitro benzene ring substituents is 1. The first-order valence-electron chi connectivity index (χ1n) is 10.9. The molecule has 0 aliphatic carbocycles. The number of azo groups is 1. The zero-order valence-electron chi connectivity index (χ0n) is 19.1. The van der Waals surface area contributed by atoms with Gasteiger partial charge in [0.2, 0.25) is 5.91 Å². The van der Waals surface area contributed by atoms with Crippen LogP contribution >= 0.6 is 23.2 Å². The Kier molecular flexibility index (Phi) is 6.36. The number of aromatic nitrogens is 1. The number of carbonyl (C=O) groups excluding carboxylic acids is 1. The number of phenolic OH excluding ortho intramolecular Hbond substituents is 1. The van der Waals surface area contributed by atoms with E-state index in [1.165, 1.54) is 41.3 Å². The number of nitrogens with zero attached hydrogens (tertiary/aromatic N) is 5. The maximum Gasteiger partial charge on any atom is 0.296 e. The molecule has 0 bridgehead atoms. The number of hydrogen-bond donors (Lipinski definition) is 1. The smallest absolute Gasteiger partial charge is 0.296 e. The predicted octanol–water partition coefficient (Wildman–Crippen LogP) is 6.62. The number of para-hydroxylation sites is 1. The molecule has 12 heteroatoms. The molecule has 2 unspecified atom stereocenters. The third-order valence-corrected chi connectivity index (χ3v) is 6.64. The summed E-state index contributed by atoms with van der Waals surface area (Å²) >= 11 is 13.0. The number of carbonyl (C=O) groups is 1. The highest BCUT2D eigenvalue weighted by molar-refractivity contribution is 6.38. The number of halogens is 2. The minimum Gasteiger partial charge on any atom is -0.508 e. The maximum absolute atomic E-state index is 13.0. The van der Waals surface area contributed by atoms with Gasteiger partial charge in [-0.2, -0.15) is 0 Å². The minimum absolute atomic E-state index is 0.0328. The lowest BCUT2D eigenvalue weighted by atomic mass is 9.92. The summed E-state index contributed by atoms with van der Waals surface area (Å²) in [6.07, 6.45) is 0. The average molecular weight is 538 g/mol. The third kappa shape index (κ3) is 4.41. The molecule has 1 N–H and O–H groups in total. The molecule has 10 nitrogen and oxygen atoms in total. The van der Waals surface area contributed by atoms with E-state index in [0.717, 1.165) is 5.39 Å². The standard InChI is InChI=1S/C25H17Cl2N5O5/c1-37-15-8-6-13-10-16(24(27)28-19(13)12-15)23-22(26)25(34)31(23)21-11-14(33)7-9-18(21)30-29-17-4-2-3-5-20(17)32(35)36/h2-12,22-23,33H,1H3. The van der Waals surface area contributed by atoms with E-state index in [-0.39, 0.29) is 33.7 Å². The van der Waals surface area contributed by atoms with Gasteiger partial charge in [0.1, 0.15) is 27.7 Å². The molecule has 1 aromatic heterocycles. The molecule has 4 aromatic rings. The van der Waals surface area contributed by atoms with Crippen LogP contribution in [0.3, 0.4) is 0 Å². The van der Waals surface area contributed by atoms with E-state index in [4.69, 9.17) is 27.9 Å². The summed E-state index contributed by atoms with van der Waals surface area (Å²) in [5.74, 6) is 0.0530. The molecule has 3 aromatic carbocycles. The van der Waals surface area contributed by atoms with Gasteiger partial charge in [-0.3, -0.25) is 19.8 Å². The lowest BCUT2D eigenvalue weighted by Gasteiger charge is -2.44. The Balaban J connectivity index is 1.57. The van der Waals surface area contributed by atoms with Crippen LogP contribution in [0.5, 0.6) is 11.5 Å². The van der Waals surface area contributed by atoms with E-state index in [1.807, 2.05) is 6.07 Å². The van der Waals surface area contributed by atoms with E-state index in [1.54, 1.807) is 31.4 Å². The van der Waals surface area contributed by atoms with Crippen LogP contribution in [0.25, 0.3) is 10.9 Å². The molecule has 2 atom stereocenters. The van der Waals surface area contributed by atoms with Gasteiger partial charge in [-0.05, 0) is 36.4 Å². The summed E-state index contributed by atoms with van der Waals surface area (Å²) in [6.45, 7) is 0. The highest BCUT2D eigenvalue weighted by atomic mass is 35.5. The van der Waals surface area contributed by atoms with Crippen LogP contribution in [-0.4, -0.2) is 33.4 Å². The molecule has 1 aliphatic rings. The highest BCUT2D eigenvalue weighted by Gasteiger charge is 2.50. The zero-order chi connectivity index (χ0) is 26.3. The lowest BCUT2D eigenvalue weighted by molar-refractivity contribution is -0.384. The second-order valence-corrected chi connectivity index (χ2v) is 8.93. The summed E-state index contributed by atoms with van der Waals surface area (Å²) in [7, 11) is 1.55. The number of alkyl halides is 1. The van der Waals surface area contributed by atoms with E-state index in [2.05, 4.69) is 15.2 Å². The maximum atomic E-state index is 13.0. The van der Waals surface area contributed by atoms with Crippen LogP contribution in [-0.2, 0) is 4.79 Å². The molecular weight excluding hydrogens is 521 g/mol. The first-order chi connectivity index (χ1) is 17.8. The summed E-state index contributed by atoms with van der Waals surface area (Å²) < 4.78 is 5.24. The lowest BCUT2D eigenvalue weighted by Crippen LogP contribution is -2.56. The van der Waals surface area contributed by atoms with Crippen molar-refractivity contribution in [1.29, 1.82) is 0 Å². The Bertz CT molecular complexity index is 1600. The Morgan fingerprint density at radius 1 is 1.08 bits per heavy atom. The van der Waals surface area contributed by atoms with E-state index >= 15 is 0 Å². The molecule has 0 spiro atoms. The van der Waals surface area contributed by atoms with Crippen LogP contribution in [0.2, 0.25) is 5.15 Å². The van der Waals surface area contributed by atoms with Crippen molar-refractivity contribution < 1.29 is 19.6 Å². The largest absolute Gasteiger partial charge is 0.508 e. The third-order valence-electron chi connectivity index (χ3n) is 5.92. The Morgan fingerprint density at radius 2 is 1.84 bits per heavy atom. The topological polar surface area (TPSA) is 131 Å². The van der Waals surface area contributed by atoms with Crippen molar-refractivity contribution in [2.45, 2.75) is 11.4 Å². The van der Waals surface area contributed by atoms with Crippen molar-refractivity contribution in [2.75, 3.05) is 12.0 Å². The average Bonchev–Trinajstić information content (AvgIpc) is 2.90. The van der Waals surface area contributed by atoms with Crippen molar-refractivity contribution in [3.05, 3.63) is 87.6 Å². The molecule has 186 valence electrons. The molecule has 2 heterocycles. The number of benzene rings is 3. The molecule has 37 heavy (non-hydrogen) atoms. The second kappa shape index (κ2) is 9.64. The van der Waals surface area contributed by atoms with Gasteiger partial charge in [0.15, 0.2) is 5.69 Å². The second-order valence-electron chi connectivity index (χ2n) is 8.10. The van der Waals surface area contributed by atoms with E-state index < -0.39 is 22.2 Å². The van der Waals surface area contributed by atoms with Crippen molar-refractivity contribution in [3.8, 4) is 11.5 Å². The van der Waals surface area contributed by atoms with Crippen molar-refractivity contribution >= 4 is 62.8 Å². The molecular formula is C25H17Cl2N5O5. The number of nitro groups is 1. The highest BCUT2D eigenvalue weighted by Crippen LogP contribution is 2.48. The molecule has 0 radical (unpaired) electrons. The number of fused-ring (bicyclic) bond motifs is 1. The van der Waals surface area contributed by atoms with E-state index in [0.29, 0.717) is 16.8 Å². The number of methoxy groups -OCH3 is 1. The SMILES string of the molecule is COc1ccc2cc(C3C(Cl)C(=O)N3c3cc(O)ccc3N=Nc3ccccc3[N+](=O)[O-])c(Cl)nc2c1. The number of phenols is 1. The van der Waals surface area contributed by atoms with Crippen molar-refractivity contribution in [1.82, 2.24) is 4.98 Å². The van der Waals surface area contributed by atoms with Crippen molar-refractivity contribution in [2.24, 2.45) is 10.2 Å².